The van der Waals surface area contributed by atoms with Crippen molar-refractivity contribution in [2.45, 2.75) is 98.3 Å². The zero-order valence-electron chi connectivity index (χ0n) is 27.4. The van der Waals surface area contributed by atoms with Crippen LogP contribution in [0.3, 0.4) is 0 Å². The number of hydrogen-bond donors (Lipinski definition) is 0. The van der Waals surface area contributed by atoms with Gasteiger partial charge in [-0.15, -0.1) is 45.3 Å². The summed E-state index contributed by atoms with van der Waals surface area (Å²) in [6.07, 6.45) is 13.0. The molecular weight excluding hydrogens is 643 g/mol. The average Bonchev–Trinajstić information content (AvgIpc) is 3.47. The SMILES string of the molecule is CC(C)(C)c1ccc2c(c1)[cH-]c1cc(C(C)(C)C)ccc12.CC1=[C-]C(C)C=C1c1ccccc1.[Cl-].[Cl-].[Zr+2]=[C]1CCCCC1. The van der Waals surface area contributed by atoms with E-state index in [-0.39, 0.29) is 35.6 Å². The second kappa shape index (κ2) is 16.1. The fourth-order valence-corrected chi connectivity index (χ4v) is 6.57. The van der Waals surface area contributed by atoms with Gasteiger partial charge in [0.25, 0.3) is 0 Å². The van der Waals surface area contributed by atoms with Gasteiger partial charge in [-0.25, -0.2) is 5.57 Å². The molecule has 0 saturated heterocycles. The van der Waals surface area contributed by atoms with E-state index in [4.69, 9.17) is 0 Å². The third-order valence-electron chi connectivity index (χ3n) is 8.24. The molecule has 0 nitrogen and oxygen atoms in total. The van der Waals surface area contributed by atoms with Gasteiger partial charge in [0.15, 0.2) is 0 Å². The fourth-order valence-electron chi connectivity index (χ4n) is 5.70. The van der Waals surface area contributed by atoms with Gasteiger partial charge in [-0.3, -0.25) is 6.08 Å². The molecule has 1 unspecified atom stereocenters. The van der Waals surface area contributed by atoms with Crippen LogP contribution in [0.4, 0.5) is 0 Å². The predicted octanol–water partition coefficient (Wildman–Crippen LogP) is 5.45. The molecule has 2 aliphatic rings. The van der Waals surface area contributed by atoms with Crippen LogP contribution in [0, 0.1) is 12.0 Å². The maximum absolute atomic E-state index is 3.39. The molecule has 43 heavy (non-hydrogen) atoms. The first-order valence-corrected chi connectivity index (χ1v) is 16.6. The van der Waals surface area contributed by atoms with Gasteiger partial charge in [0.1, 0.15) is 0 Å². The van der Waals surface area contributed by atoms with Crippen molar-refractivity contribution in [2.24, 2.45) is 5.92 Å². The summed E-state index contributed by atoms with van der Waals surface area (Å²) >= 11 is 1.69. The summed E-state index contributed by atoms with van der Waals surface area (Å²) in [6.45, 7) is 17.9. The van der Waals surface area contributed by atoms with Gasteiger partial charge in [-0.1, -0.05) is 127 Å². The molecule has 0 radical (unpaired) electrons. The first-order chi connectivity index (χ1) is 19.3. The Labute approximate surface area is 288 Å². The zero-order valence-corrected chi connectivity index (χ0v) is 31.3. The first kappa shape index (κ1) is 37.5. The van der Waals surface area contributed by atoms with Crippen molar-refractivity contribution < 1.29 is 49.0 Å². The minimum atomic E-state index is 0. The molecule has 0 aliphatic heterocycles. The second-order valence-electron chi connectivity index (χ2n) is 13.9. The van der Waals surface area contributed by atoms with Crippen LogP contribution >= 0.6 is 0 Å². The summed E-state index contributed by atoms with van der Waals surface area (Å²) in [4.78, 5) is 0. The van der Waals surface area contributed by atoms with E-state index in [1.54, 1.807) is 27.4 Å². The molecular formula is C40H48Cl2Zr-2. The van der Waals surface area contributed by atoms with Gasteiger partial charge >= 0.3 is 59.5 Å². The van der Waals surface area contributed by atoms with Crippen LogP contribution in [0.5, 0.6) is 0 Å². The molecule has 1 saturated carbocycles. The van der Waals surface area contributed by atoms with E-state index in [0.717, 1.165) is 0 Å². The number of halogens is 2. The van der Waals surface area contributed by atoms with Crippen LogP contribution in [-0.4, -0.2) is 3.21 Å². The molecule has 3 heteroatoms. The van der Waals surface area contributed by atoms with Crippen LogP contribution in [0.2, 0.25) is 0 Å². The number of hydrogen-bond acceptors (Lipinski definition) is 0. The van der Waals surface area contributed by atoms with Gasteiger partial charge in [0.2, 0.25) is 0 Å². The van der Waals surface area contributed by atoms with Gasteiger partial charge in [0, 0.05) is 0 Å². The Morgan fingerprint density at radius 1 is 0.721 bits per heavy atom. The van der Waals surface area contributed by atoms with Gasteiger partial charge < -0.3 is 24.8 Å². The van der Waals surface area contributed by atoms with Gasteiger partial charge in [-0.2, -0.15) is 11.6 Å². The minimum absolute atomic E-state index is 0. The third-order valence-corrected chi connectivity index (χ3v) is 9.47. The van der Waals surface area contributed by atoms with Crippen molar-refractivity contribution in [3.05, 3.63) is 107 Å². The summed E-state index contributed by atoms with van der Waals surface area (Å²) in [6, 6.07) is 26.7. The standard InChI is InChI=1S/C21H25.C13H13.C6H10.2ClH.Zr/c1-20(2,3)16-7-9-18-14(12-16)11-15-13-17(21(4,5)6)8-10-19(15)18;1-10-8-11(2)13(9-10)12-6-4-3-5-7-12;1-2-4-6-5-3-1;;;/h7-13H,1-6H3;3-7,9-10H,1-2H3;1-5H2;2*1H;/q2*-1;;;;+2/p-2. The molecule has 0 aromatic heterocycles. The van der Waals surface area contributed by atoms with E-state index >= 15 is 0 Å². The summed E-state index contributed by atoms with van der Waals surface area (Å²) in [5.41, 5.74) is 7.13. The Morgan fingerprint density at radius 3 is 1.58 bits per heavy atom. The van der Waals surface area contributed by atoms with E-state index in [9.17, 15) is 0 Å². The maximum atomic E-state index is 3.39. The molecule has 0 amide bonds. The molecule has 0 heterocycles. The third kappa shape index (κ3) is 10.2. The monoisotopic (exact) mass is 688 g/mol. The molecule has 0 N–H and O–H groups in total. The van der Waals surface area contributed by atoms with E-state index in [2.05, 4.69) is 134 Å². The quantitative estimate of drug-likeness (QED) is 0.233. The van der Waals surface area contributed by atoms with Crippen LogP contribution < -0.4 is 24.8 Å². The fraction of sp³-hybridized carbons (Fsp3) is 0.400. The average molecular weight is 691 g/mol. The summed E-state index contributed by atoms with van der Waals surface area (Å²) in [5, 5.41) is 5.48. The Bertz CT molecular complexity index is 1480. The first-order valence-electron chi connectivity index (χ1n) is 15.4. The molecule has 2 aliphatic carbocycles. The Hall–Kier alpha value is -1.66. The van der Waals surface area contributed by atoms with Crippen molar-refractivity contribution in [1.29, 1.82) is 0 Å². The van der Waals surface area contributed by atoms with Crippen molar-refractivity contribution in [1.82, 2.24) is 0 Å². The number of allylic oxidation sites excluding steroid dienone is 4. The molecule has 0 bridgehead atoms. The molecule has 0 spiro atoms. The van der Waals surface area contributed by atoms with Gasteiger partial charge in [0.05, 0.1) is 0 Å². The number of rotatable bonds is 1. The van der Waals surface area contributed by atoms with Crippen molar-refractivity contribution in [3.8, 4) is 0 Å². The van der Waals surface area contributed by atoms with Crippen LogP contribution in [-0.2, 0) is 35.1 Å². The van der Waals surface area contributed by atoms with E-state index in [1.807, 2.05) is 6.07 Å². The Morgan fingerprint density at radius 2 is 1.21 bits per heavy atom. The predicted molar refractivity (Wildman–Crippen MR) is 179 cm³/mol. The van der Waals surface area contributed by atoms with Crippen LogP contribution in [0.25, 0.3) is 27.1 Å². The van der Waals surface area contributed by atoms with Crippen molar-refractivity contribution in [3.63, 3.8) is 0 Å². The summed E-state index contributed by atoms with van der Waals surface area (Å²) < 4.78 is 1.80. The molecule has 1 atom stereocenters. The molecule has 228 valence electrons. The van der Waals surface area contributed by atoms with E-state index in [0.29, 0.717) is 5.92 Å². The van der Waals surface area contributed by atoms with Crippen LogP contribution in [0.15, 0.2) is 84.4 Å². The Kier molecular flexibility index (Phi) is 14.0. The number of benzene rings is 3. The second-order valence-corrected chi connectivity index (χ2v) is 15.7. The molecule has 4 aromatic rings. The molecule has 4 aromatic carbocycles. The van der Waals surface area contributed by atoms with Gasteiger partial charge in [-0.05, 0) is 10.8 Å². The normalized spacial score (nSPS) is 16.6. The van der Waals surface area contributed by atoms with Crippen LogP contribution in [0.1, 0.15) is 104 Å². The Balaban J connectivity index is 0.000000250. The molecule has 6 rings (SSSR count). The van der Waals surface area contributed by atoms with E-state index < -0.39 is 0 Å². The molecule has 1 fully saturated rings. The topological polar surface area (TPSA) is 0 Å². The summed E-state index contributed by atoms with van der Waals surface area (Å²) in [7, 11) is 0. The van der Waals surface area contributed by atoms with Crippen molar-refractivity contribution in [2.75, 3.05) is 0 Å². The number of fused-ring (bicyclic) bond motifs is 3. The van der Waals surface area contributed by atoms with E-state index in [1.165, 1.54) is 81.5 Å². The summed E-state index contributed by atoms with van der Waals surface area (Å²) in [5.74, 6) is 0.468. The van der Waals surface area contributed by atoms with Crippen molar-refractivity contribution >= 4 is 30.3 Å². The zero-order chi connectivity index (χ0) is 29.8.